The molecule has 2 aromatic heterocycles. The van der Waals surface area contributed by atoms with E-state index in [4.69, 9.17) is 0 Å². The Morgan fingerprint density at radius 1 is 0.963 bits per heavy atom. The van der Waals surface area contributed by atoms with Crippen molar-refractivity contribution < 1.29 is 4.79 Å². The van der Waals surface area contributed by atoms with Gasteiger partial charge in [-0.25, -0.2) is 9.97 Å². The predicted octanol–water partition coefficient (Wildman–Crippen LogP) is 3.32. The van der Waals surface area contributed by atoms with Crippen LogP contribution < -0.4 is 5.32 Å². The molecule has 4 aromatic rings. The van der Waals surface area contributed by atoms with Gasteiger partial charge < -0.3 is 5.32 Å². The van der Waals surface area contributed by atoms with E-state index in [2.05, 4.69) is 39.6 Å². The van der Waals surface area contributed by atoms with E-state index >= 15 is 0 Å². The molecule has 0 saturated heterocycles. The number of aromatic nitrogens is 3. The summed E-state index contributed by atoms with van der Waals surface area (Å²) in [6.45, 7) is 0. The van der Waals surface area contributed by atoms with Gasteiger partial charge in [-0.3, -0.25) is 9.36 Å². The van der Waals surface area contributed by atoms with Gasteiger partial charge in [0.2, 0.25) is 0 Å². The zero-order valence-corrected chi connectivity index (χ0v) is 14.7. The minimum atomic E-state index is -0.0536. The summed E-state index contributed by atoms with van der Waals surface area (Å²) in [5, 5.41) is 3.16. The maximum absolute atomic E-state index is 12.7. The third-order valence-corrected chi connectivity index (χ3v) is 5.09. The van der Waals surface area contributed by atoms with Crippen LogP contribution in [0.1, 0.15) is 21.5 Å². The fraction of sp³-hybridized carbons (Fsp3) is 0.136. The van der Waals surface area contributed by atoms with Gasteiger partial charge in [-0.1, -0.05) is 30.3 Å². The Labute approximate surface area is 156 Å². The molecular formula is C22H18N4O. The van der Waals surface area contributed by atoms with E-state index in [1.54, 1.807) is 12.5 Å². The first-order valence-corrected chi connectivity index (χ1v) is 9.04. The molecular weight excluding hydrogens is 336 g/mol. The lowest BCUT2D eigenvalue weighted by molar-refractivity contribution is 0.0938. The molecule has 0 radical (unpaired) electrons. The maximum Gasteiger partial charge on any atom is 0.251 e. The molecule has 0 fully saturated rings. The number of imidazole rings is 1. The number of carbonyl (C=O) groups excluding carboxylic acids is 1. The van der Waals surface area contributed by atoms with Crippen LogP contribution in [0.2, 0.25) is 0 Å². The molecule has 2 heterocycles. The second-order valence-corrected chi connectivity index (χ2v) is 6.85. The van der Waals surface area contributed by atoms with Crippen LogP contribution in [0.3, 0.4) is 0 Å². The zero-order valence-electron chi connectivity index (χ0n) is 14.7. The van der Waals surface area contributed by atoms with E-state index in [1.165, 1.54) is 11.1 Å². The van der Waals surface area contributed by atoms with Crippen LogP contribution in [-0.2, 0) is 12.8 Å². The Hall–Kier alpha value is -3.47. The van der Waals surface area contributed by atoms with Crippen molar-refractivity contribution in [3.63, 3.8) is 0 Å². The van der Waals surface area contributed by atoms with Crippen molar-refractivity contribution in [1.82, 2.24) is 19.9 Å². The number of carbonyl (C=O) groups is 1. The van der Waals surface area contributed by atoms with Crippen molar-refractivity contribution in [2.45, 2.75) is 18.9 Å². The molecule has 1 aliphatic carbocycles. The minimum absolute atomic E-state index is 0.0536. The van der Waals surface area contributed by atoms with E-state index in [0.29, 0.717) is 5.56 Å². The summed E-state index contributed by atoms with van der Waals surface area (Å²) in [6.07, 6.45) is 5.27. The molecule has 27 heavy (non-hydrogen) atoms. The first-order valence-electron chi connectivity index (χ1n) is 9.04. The third kappa shape index (κ3) is 2.87. The van der Waals surface area contributed by atoms with Gasteiger partial charge in [0.05, 0.1) is 11.0 Å². The number of rotatable bonds is 3. The summed E-state index contributed by atoms with van der Waals surface area (Å²) in [6, 6.07) is 19.9. The molecule has 0 unspecified atom stereocenters. The Morgan fingerprint density at radius 3 is 2.48 bits per heavy atom. The normalized spacial score (nSPS) is 13.6. The second kappa shape index (κ2) is 6.36. The number of fused-ring (bicyclic) bond motifs is 2. The first-order chi connectivity index (χ1) is 13.3. The molecule has 5 nitrogen and oxygen atoms in total. The highest BCUT2D eigenvalue weighted by Crippen LogP contribution is 2.23. The second-order valence-electron chi connectivity index (χ2n) is 6.85. The average molecular weight is 354 g/mol. The Balaban J connectivity index is 1.37. The molecule has 1 N–H and O–H groups in total. The van der Waals surface area contributed by atoms with Gasteiger partial charge in [0.1, 0.15) is 12.1 Å². The van der Waals surface area contributed by atoms with Crippen molar-refractivity contribution >= 4 is 16.9 Å². The smallest absolute Gasteiger partial charge is 0.251 e. The summed E-state index contributed by atoms with van der Waals surface area (Å²) in [5.74, 6) is 0.753. The fourth-order valence-corrected chi connectivity index (χ4v) is 3.76. The summed E-state index contributed by atoms with van der Waals surface area (Å²) in [5.41, 5.74) is 4.99. The quantitative estimate of drug-likeness (QED) is 0.614. The zero-order chi connectivity index (χ0) is 18.2. The summed E-state index contributed by atoms with van der Waals surface area (Å²) in [4.78, 5) is 21.5. The molecule has 0 bridgehead atoms. The highest BCUT2D eigenvalue weighted by Gasteiger charge is 2.23. The Morgan fingerprint density at radius 2 is 1.74 bits per heavy atom. The number of benzene rings is 2. The van der Waals surface area contributed by atoms with Gasteiger partial charge in [-0.15, -0.1) is 0 Å². The van der Waals surface area contributed by atoms with Gasteiger partial charge in [-0.05, 0) is 54.3 Å². The highest BCUT2D eigenvalue weighted by atomic mass is 16.1. The fourth-order valence-electron chi connectivity index (χ4n) is 3.76. The number of hydrogen-bond acceptors (Lipinski definition) is 3. The monoisotopic (exact) mass is 354 g/mol. The molecule has 1 aliphatic rings. The number of hydrogen-bond donors (Lipinski definition) is 1. The average Bonchev–Trinajstić information content (AvgIpc) is 3.31. The molecule has 0 saturated carbocycles. The van der Waals surface area contributed by atoms with Gasteiger partial charge in [0.25, 0.3) is 5.91 Å². The van der Waals surface area contributed by atoms with Crippen molar-refractivity contribution in [3.05, 3.63) is 89.9 Å². The minimum Gasteiger partial charge on any atom is -0.349 e. The largest absolute Gasteiger partial charge is 0.349 e. The summed E-state index contributed by atoms with van der Waals surface area (Å²) in [7, 11) is 0. The first kappa shape index (κ1) is 15.8. The van der Waals surface area contributed by atoms with Crippen molar-refractivity contribution in [2.75, 3.05) is 0 Å². The number of amides is 1. The number of nitrogens with zero attached hydrogens (tertiary/aromatic N) is 3. The summed E-state index contributed by atoms with van der Waals surface area (Å²) < 4.78 is 1.92. The van der Waals surface area contributed by atoms with Crippen LogP contribution in [0.5, 0.6) is 0 Å². The lowest BCUT2D eigenvalue weighted by Crippen LogP contribution is -2.35. The molecule has 0 atom stereocenters. The Kier molecular flexibility index (Phi) is 3.71. The molecule has 0 aliphatic heterocycles. The van der Waals surface area contributed by atoms with Crippen molar-refractivity contribution in [1.29, 1.82) is 0 Å². The molecule has 132 valence electrons. The van der Waals surface area contributed by atoms with Crippen LogP contribution in [0.4, 0.5) is 0 Å². The van der Waals surface area contributed by atoms with E-state index in [-0.39, 0.29) is 11.9 Å². The molecule has 1 amide bonds. The SMILES string of the molecule is O=C(NC1Cc2ccccc2C1)c1ccc2c(c1)ncn2-c1ccccn1. The van der Waals surface area contributed by atoms with Crippen LogP contribution >= 0.6 is 0 Å². The lowest BCUT2D eigenvalue weighted by atomic mass is 10.1. The van der Waals surface area contributed by atoms with Crippen LogP contribution in [-0.4, -0.2) is 26.5 Å². The topological polar surface area (TPSA) is 59.8 Å². The predicted molar refractivity (Wildman–Crippen MR) is 104 cm³/mol. The maximum atomic E-state index is 12.7. The number of nitrogens with one attached hydrogen (secondary N) is 1. The van der Waals surface area contributed by atoms with Crippen molar-refractivity contribution in [3.8, 4) is 5.82 Å². The van der Waals surface area contributed by atoms with E-state index in [1.807, 2.05) is 41.0 Å². The van der Waals surface area contributed by atoms with Crippen LogP contribution in [0, 0.1) is 0 Å². The van der Waals surface area contributed by atoms with Crippen molar-refractivity contribution in [2.24, 2.45) is 0 Å². The van der Waals surface area contributed by atoms with Gasteiger partial charge in [-0.2, -0.15) is 0 Å². The highest BCUT2D eigenvalue weighted by molar-refractivity contribution is 5.97. The standard InChI is InChI=1S/C22H18N4O/c27-22(25-18-11-15-5-1-2-6-16(15)12-18)17-8-9-20-19(13-17)24-14-26(20)21-7-3-4-10-23-21/h1-10,13-14,18H,11-12H2,(H,25,27). The molecule has 5 rings (SSSR count). The van der Waals surface area contributed by atoms with E-state index in [0.717, 1.165) is 29.7 Å². The van der Waals surface area contributed by atoms with Crippen LogP contribution in [0.15, 0.2) is 73.2 Å². The van der Waals surface area contributed by atoms with Gasteiger partial charge in [0, 0.05) is 17.8 Å². The summed E-state index contributed by atoms with van der Waals surface area (Å²) >= 11 is 0. The van der Waals surface area contributed by atoms with E-state index in [9.17, 15) is 4.79 Å². The van der Waals surface area contributed by atoms with Gasteiger partial charge >= 0.3 is 0 Å². The van der Waals surface area contributed by atoms with Gasteiger partial charge in [0.15, 0.2) is 0 Å². The molecule has 5 heteroatoms. The van der Waals surface area contributed by atoms with Crippen LogP contribution in [0.25, 0.3) is 16.9 Å². The number of pyridine rings is 1. The lowest BCUT2D eigenvalue weighted by Gasteiger charge is -2.12. The van der Waals surface area contributed by atoms with E-state index < -0.39 is 0 Å². The Bertz CT molecular complexity index is 1110. The molecule has 0 spiro atoms. The third-order valence-electron chi connectivity index (χ3n) is 5.09. The molecule has 2 aromatic carbocycles.